The number of nitro benzene ring substituents is 1. The van der Waals surface area contributed by atoms with Crippen LogP contribution in [0.2, 0.25) is 0 Å². The maximum Gasteiger partial charge on any atom is 0.390 e. The lowest BCUT2D eigenvalue weighted by Crippen LogP contribution is -2.46. The highest BCUT2D eigenvalue weighted by atomic mass is 19.4. The minimum atomic E-state index is -4.47. The number of nitrogens with zero attached hydrogens (tertiary/aromatic N) is 2. The number of hydrogen-bond donors (Lipinski definition) is 1. The highest BCUT2D eigenvalue weighted by Crippen LogP contribution is 2.38. The fraction of sp³-hybridized carbons (Fsp3) is 0.538. The number of nitrogens with one attached hydrogen (secondary N) is 1. The summed E-state index contributed by atoms with van der Waals surface area (Å²) in [5, 5.41) is 14.1. The van der Waals surface area contributed by atoms with Crippen molar-refractivity contribution in [3.63, 3.8) is 0 Å². The van der Waals surface area contributed by atoms with Crippen LogP contribution in [0, 0.1) is 15.9 Å². The summed E-state index contributed by atoms with van der Waals surface area (Å²) in [6, 6.07) is 1.50. The van der Waals surface area contributed by atoms with Crippen molar-refractivity contribution in [1.82, 2.24) is 10.2 Å². The molecule has 0 amide bonds. The van der Waals surface area contributed by atoms with E-state index < -0.39 is 35.1 Å². The van der Waals surface area contributed by atoms with Crippen LogP contribution in [0.25, 0.3) is 0 Å². The standard InChI is InChI=1S/C13H15F4N3O2/c14-9-1-2-10(11(7-9)20(21)22)12(8-13(15,16)17)19-5-3-18-4-6-19/h1-2,7,12,18H,3-6,8H2/t12-/m1/s1. The van der Waals surface area contributed by atoms with Gasteiger partial charge in [-0.3, -0.25) is 15.0 Å². The number of halogens is 4. The fourth-order valence-electron chi connectivity index (χ4n) is 2.61. The minimum Gasteiger partial charge on any atom is -0.314 e. The molecule has 0 radical (unpaired) electrons. The molecule has 0 unspecified atom stereocenters. The van der Waals surface area contributed by atoms with Gasteiger partial charge in [0.1, 0.15) is 5.82 Å². The third-order valence-electron chi connectivity index (χ3n) is 3.57. The lowest BCUT2D eigenvalue weighted by Gasteiger charge is -2.35. The summed E-state index contributed by atoms with van der Waals surface area (Å²) in [5.41, 5.74) is -0.724. The van der Waals surface area contributed by atoms with Gasteiger partial charge in [0.25, 0.3) is 5.69 Å². The van der Waals surface area contributed by atoms with Crippen LogP contribution in [0.5, 0.6) is 0 Å². The molecule has 1 heterocycles. The molecule has 0 aromatic heterocycles. The van der Waals surface area contributed by atoms with Gasteiger partial charge in [-0.2, -0.15) is 13.2 Å². The topological polar surface area (TPSA) is 58.4 Å². The van der Waals surface area contributed by atoms with Gasteiger partial charge in [0.15, 0.2) is 0 Å². The van der Waals surface area contributed by atoms with Gasteiger partial charge in [-0.15, -0.1) is 0 Å². The van der Waals surface area contributed by atoms with Crippen molar-refractivity contribution >= 4 is 5.69 Å². The van der Waals surface area contributed by atoms with Gasteiger partial charge in [-0.1, -0.05) is 0 Å². The second kappa shape index (κ2) is 6.57. The minimum absolute atomic E-state index is 0.106. The van der Waals surface area contributed by atoms with E-state index in [-0.39, 0.29) is 5.56 Å². The monoisotopic (exact) mass is 321 g/mol. The summed E-state index contributed by atoms with van der Waals surface area (Å²) in [5.74, 6) is -0.846. The van der Waals surface area contributed by atoms with Crippen molar-refractivity contribution in [1.29, 1.82) is 0 Å². The molecule has 9 heteroatoms. The van der Waals surface area contributed by atoms with Crippen LogP contribution in [0.15, 0.2) is 18.2 Å². The summed E-state index contributed by atoms with van der Waals surface area (Å²) in [6.07, 6.45) is -5.68. The number of benzene rings is 1. The van der Waals surface area contributed by atoms with Crippen LogP contribution in [0.4, 0.5) is 23.2 Å². The molecular weight excluding hydrogens is 306 g/mol. The Morgan fingerprint density at radius 1 is 1.32 bits per heavy atom. The molecule has 1 N–H and O–H groups in total. The Bertz CT molecular complexity index is 545. The quantitative estimate of drug-likeness (QED) is 0.526. The first-order chi connectivity index (χ1) is 10.3. The molecule has 2 rings (SSSR count). The molecule has 0 saturated carbocycles. The van der Waals surface area contributed by atoms with E-state index in [4.69, 9.17) is 0 Å². The smallest absolute Gasteiger partial charge is 0.314 e. The Morgan fingerprint density at radius 2 is 1.95 bits per heavy atom. The second-order valence-electron chi connectivity index (χ2n) is 5.08. The van der Waals surface area contributed by atoms with Crippen LogP contribution in [0.3, 0.4) is 0 Å². The molecule has 122 valence electrons. The Balaban J connectivity index is 2.41. The maximum atomic E-state index is 13.2. The normalized spacial score (nSPS) is 18.2. The molecule has 0 spiro atoms. The average molecular weight is 321 g/mol. The zero-order chi connectivity index (χ0) is 16.3. The number of alkyl halides is 3. The number of hydrogen-bond acceptors (Lipinski definition) is 4. The van der Waals surface area contributed by atoms with Crippen molar-refractivity contribution in [2.75, 3.05) is 26.2 Å². The van der Waals surface area contributed by atoms with Crippen molar-refractivity contribution in [3.05, 3.63) is 39.7 Å². The first kappa shape index (κ1) is 16.6. The summed E-state index contributed by atoms with van der Waals surface area (Å²) in [6.45, 7) is 1.69. The van der Waals surface area contributed by atoms with Crippen LogP contribution >= 0.6 is 0 Å². The van der Waals surface area contributed by atoms with Gasteiger partial charge in [0.05, 0.1) is 23.5 Å². The zero-order valence-corrected chi connectivity index (χ0v) is 11.6. The molecule has 1 fully saturated rings. The Morgan fingerprint density at radius 3 is 2.50 bits per heavy atom. The Labute approximate surface area is 124 Å². The maximum absolute atomic E-state index is 13.2. The Hall–Kier alpha value is -1.74. The molecule has 0 bridgehead atoms. The van der Waals surface area contributed by atoms with Crippen molar-refractivity contribution < 1.29 is 22.5 Å². The average Bonchev–Trinajstić information content (AvgIpc) is 2.45. The van der Waals surface area contributed by atoms with E-state index in [0.29, 0.717) is 32.2 Å². The summed E-state index contributed by atoms with van der Waals surface area (Å²) in [4.78, 5) is 11.8. The molecular formula is C13H15F4N3O2. The molecule has 1 aromatic carbocycles. The van der Waals surface area contributed by atoms with E-state index in [1.54, 1.807) is 4.90 Å². The summed E-state index contributed by atoms with van der Waals surface area (Å²) in [7, 11) is 0. The third kappa shape index (κ3) is 4.14. The third-order valence-corrected chi connectivity index (χ3v) is 3.57. The molecule has 5 nitrogen and oxygen atoms in total. The van der Waals surface area contributed by atoms with E-state index >= 15 is 0 Å². The van der Waals surface area contributed by atoms with E-state index in [2.05, 4.69) is 5.32 Å². The molecule has 1 aromatic rings. The van der Waals surface area contributed by atoms with Gasteiger partial charge in [0.2, 0.25) is 0 Å². The van der Waals surface area contributed by atoms with E-state index in [1.165, 1.54) is 0 Å². The largest absolute Gasteiger partial charge is 0.390 e. The summed E-state index contributed by atoms with van der Waals surface area (Å²) >= 11 is 0. The number of rotatable bonds is 4. The molecule has 1 aliphatic rings. The van der Waals surface area contributed by atoms with Gasteiger partial charge < -0.3 is 5.32 Å². The lowest BCUT2D eigenvalue weighted by atomic mass is 9.99. The van der Waals surface area contributed by atoms with E-state index in [9.17, 15) is 27.7 Å². The van der Waals surface area contributed by atoms with E-state index in [0.717, 1.165) is 12.1 Å². The van der Waals surface area contributed by atoms with Crippen molar-refractivity contribution in [2.24, 2.45) is 0 Å². The van der Waals surface area contributed by atoms with E-state index in [1.807, 2.05) is 0 Å². The Kier molecular flexibility index (Phi) is 4.97. The van der Waals surface area contributed by atoms with Crippen LogP contribution in [0.1, 0.15) is 18.0 Å². The van der Waals surface area contributed by atoms with Gasteiger partial charge in [-0.25, -0.2) is 4.39 Å². The van der Waals surface area contributed by atoms with Gasteiger partial charge in [0, 0.05) is 31.7 Å². The van der Waals surface area contributed by atoms with Crippen LogP contribution in [-0.2, 0) is 0 Å². The predicted molar refractivity (Wildman–Crippen MR) is 70.9 cm³/mol. The molecule has 1 atom stereocenters. The lowest BCUT2D eigenvalue weighted by molar-refractivity contribution is -0.386. The first-order valence-corrected chi connectivity index (χ1v) is 6.73. The first-order valence-electron chi connectivity index (χ1n) is 6.73. The number of piperazine rings is 1. The highest BCUT2D eigenvalue weighted by molar-refractivity contribution is 5.42. The fourth-order valence-corrected chi connectivity index (χ4v) is 2.61. The molecule has 1 aliphatic heterocycles. The molecule has 22 heavy (non-hydrogen) atoms. The molecule has 1 saturated heterocycles. The zero-order valence-electron chi connectivity index (χ0n) is 11.6. The van der Waals surface area contributed by atoms with Gasteiger partial charge >= 0.3 is 6.18 Å². The van der Waals surface area contributed by atoms with Crippen LogP contribution in [-0.4, -0.2) is 42.2 Å². The second-order valence-corrected chi connectivity index (χ2v) is 5.08. The van der Waals surface area contributed by atoms with Crippen molar-refractivity contribution in [3.8, 4) is 0 Å². The van der Waals surface area contributed by atoms with Gasteiger partial charge in [-0.05, 0) is 12.1 Å². The SMILES string of the molecule is O=[N+]([O-])c1cc(F)ccc1[C@@H](CC(F)(F)F)N1CCNCC1. The predicted octanol–water partition coefficient (Wildman–Crippen LogP) is 2.63. The highest BCUT2D eigenvalue weighted by Gasteiger charge is 2.38. The van der Waals surface area contributed by atoms with Crippen molar-refractivity contribution in [2.45, 2.75) is 18.6 Å². The summed E-state index contributed by atoms with van der Waals surface area (Å²) < 4.78 is 51.8. The van der Waals surface area contributed by atoms with Crippen LogP contribution < -0.4 is 5.32 Å². The molecule has 0 aliphatic carbocycles. The number of nitro groups is 1.